The Morgan fingerprint density at radius 2 is 1.80 bits per heavy atom. The van der Waals surface area contributed by atoms with Gasteiger partial charge in [-0.25, -0.2) is 0 Å². The fourth-order valence-electron chi connectivity index (χ4n) is 1.58. The molecule has 0 N–H and O–H groups in total. The number of unbranched alkanes of at least 4 members (excludes halogenated alkanes) is 2. The van der Waals surface area contributed by atoms with Crippen LogP contribution >= 0.6 is 0 Å². The zero-order chi connectivity index (χ0) is 11.7. The largest absolute Gasteiger partial charge is 0.447 e. The van der Waals surface area contributed by atoms with E-state index in [-0.39, 0.29) is 12.2 Å². The van der Waals surface area contributed by atoms with E-state index in [0.717, 1.165) is 32.4 Å². The molecular formula is C12H25NO2. The summed E-state index contributed by atoms with van der Waals surface area (Å²) in [6.07, 6.45) is 3.65. The van der Waals surface area contributed by atoms with Crippen LogP contribution in [0, 0.1) is 0 Å². The highest BCUT2D eigenvalue weighted by Gasteiger charge is 2.14. The van der Waals surface area contributed by atoms with E-state index in [4.69, 9.17) is 4.74 Å². The van der Waals surface area contributed by atoms with Crippen LogP contribution < -0.4 is 0 Å². The highest BCUT2D eigenvalue weighted by molar-refractivity contribution is 5.69. The van der Waals surface area contributed by atoms with Crippen molar-refractivity contribution >= 4 is 5.97 Å². The smallest absolute Gasteiger partial charge is 0.307 e. The zero-order valence-corrected chi connectivity index (χ0v) is 10.6. The average molecular weight is 215 g/mol. The Bertz CT molecular complexity index is 167. The van der Waals surface area contributed by atoms with E-state index in [9.17, 15) is 4.79 Å². The Morgan fingerprint density at radius 1 is 1.20 bits per heavy atom. The van der Waals surface area contributed by atoms with E-state index in [1.807, 2.05) is 6.92 Å². The molecule has 0 aromatic heterocycles. The summed E-state index contributed by atoms with van der Waals surface area (Å²) in [5.74, 6) is -0.0668. The van der Waals surface area contributed by atoms with Gasteiger partial charge in [0.15, 0.2) is 6.23 Å². The molecule has 90 valence electrons. The fraction of sp³-hybridized carbons (Fsp3) is 0.917. The first-order chi connectivity index (χ1) is 7.15. The molecule has 15 heavy (non-hydrogen) atoms. The summed E-state index contributed by atoms with van der Waals surface area (Å²) >= 11 is 0. The maximum Gasteiger partial charge on any atom is 0.307 e. The molecule has 0 rings (SSSR count). The lowest BCUT2D eigenvalue weighted by molar-refractivity contribution is -0.157. The summed E-state index contributed by atoms with van der Waals surface area (Å²) in [6, 6.07) is 0. The molecule has 0 heterocycles. The first-order valence-corrected chi connectivity index (χ1v) is 6.09. The third-order valence-corrected chi connectivity index (χ3v) is 2.61. The number of carbonyl (C=O) groups is 1. The summed E-state index contributed by atoms with van der Waals surface area (Å²) in [6.45, 7) is 10.0. The lowest BCUT2D eigenvalue weighted by Gasteiger charge is -2.25. The molecule has 0 aromatic carbocycles. The van der Waals surface area contributed by atoms with Crippen LogP contribution in [0.15, 0.2) is 0 Å². The van der Waals surface area contributed by atoms with Crippen molar-refractivity contribution in [3.63, 3.8) is 0 Å². The molecule has 0 fully saturated rings. The SMILES string of the molecule is CCCCCC(=O)OC(C)N(CC)CC. The third-order valence-electron chi connectivity index (χ3n) is 2.61. The zero-order valence-electron chi connectivity index (χ0n) is 10.6. The van der Waals surface area contributed by atoms with E-state index in [2.05, 4.69) is 25.7 Å². The van der Waals surface area contributed by atoms with Gasteiger partial charge in [0.05, 0.1) is 0 Å². The molecule has 3 nitrogen and oxygen atoms in total. The first-order valence-electron chi connectivity index (χ1n) is 6.09. The number of ether oxygens (including phenoxy) is 1. The van der Waals surface area contributed by atoms with Crippen LogP contribution in [0.3, 0.4) is 0 Å². The van der Waals surface area contributed by atoms with Crippen molar-refractivity contribution in [2.45, 2.75) is 59.6 Å². The molecule has 0 saturated carbocycles. The summed E-state index contributed by atoms with van der Waals surface area (Å²) < 4.78 is 5.33. The van der Waals surface area contributed by atoms with Crippen LogP contribution in [0.25, 0.3) is 0 Å². The summed E-state index contributed by atoms with van der Waals surface area (Å²) in [4.78, 5) is 13.5. The second kappa shape index (κ2) is 8.72. The maximum absolute atomic E-state index is 11.4. The Balaban J connectivity index is 3.74. The molecule has 0 radical (unpaired) electrons. The first kappa shape index (κ1) is 14.4. The summed E-state index contributed by atoms with van der Waals surface area (Å²) in [5.41, 5.74) is 0. The second-order valence-corrected chi connectivity index (χ2v) is 3.77. The molecule has 1 unspecified atom stereocenters. The number of hydrogen-bond acceptors (Lipinski definition) is 3. The summed E-state index contributed by atoms with van der Waals surface area (Å²) in [7, 11) is 0. The van der Waals surface area contributed by atoms with Crippen LogP contribution in [-0.2, 0) is 9.53 Å². The van der Waals surface area contributed by atoms with E-state index in [1.54, 1.807) is 0 Å². The van der Waals surface area contributed by atoms with Crippen molar-refractivity contribution in [3.8, 4) is 0 Å². The number of rotatable bonds is 8. The summed E-state index contributed by atoms with van der Waals surface area (Å²) in [5, 5.41) is 0. The predicted molar refractivity (Wildman–Crippen MR) is 62.6 cm³/mol. The molecule has 0 amide bonds. The molecule has 0 aliphatic heterocycles. The van der Waals surface area contributed by atoms with E-state index >= 15 is 0 Å². The Kier molecular flexibility index (Phi) is 8.38. The van der Waals surface area contributed by atoms with Gasteiger partial charge in [0.25, 0.3) is 0 Å². The van der Waals surface area contributed by atoms with Gasteiger partial charge in [-0.05, 0) is 26.4 Å². The predicted octanol–water partition coefficient (Wildman–Crippen LogP) is 2.80. The van der Waals surface area contributed by atoms with Crippen LogP contribution in [0.2, 0.25) is 0 Å². The molecule has 0 aliphatic carbocycles. The van der Waals surface area contributed by atoms with Crippen molar-refractivity contribution in [1.29, 1.82) is 0 Å². The number of hydrogen-bond donors (Lipinski definition) is 0. The van der Waals surface area contributed by atoms with Crippen LogP contribution in [0.5, 0.6) is 0 Å². The lowest BCUT2D eigenvalue weighted by Crippen LogP contribution is -2.36. The molecule has 0 aliphatic rings. The Hall–Kier alpha value is -0.570. The molecule has 1 atom stereocenters. The fourth-order valence-corrected chi connectivity index (χ4v) is 1.58. The monoisotopic (exact) mass is 215 g/mol. The van der Waals surface area contributed by atoms with Gasteiger partial charge in [0.1, 0.15) is 0 Å². The minimum atomic E-state index is -0.0888. The van der Waals surface area contributed by atoms with Gasteiger partial charge >= 0.3 is 5.97 Å². The van der Waals surface area contributed by atoms with Crippen molar-refractivity contribution < 1.29 is 9.53 Å². The topological polar surface area (TPSA) is 29.5 Å². The van der Waals surface area contributed by atoms with Gasteiger partial charge in [-0.2, -0.15) is 0 Å². The van der Waals surface area contributed by atoms with Crippen molar-refractivity contribution in [3.05, 3.63) is 0 Å². The van der Waals surface area contributed by atoms with E-state index in [1.165, 1.54) is 0 Å². The van der Waals surface area contributed by atoms with Gasteiger partial charge < -0.3 is 4.74 Å². The standard InChI is InChI=1S/C12H25NO2/c1-5-8-9-10-12(14)15-11(4)13(6-2)7-3/h11H,5-10H2,1-4H3. The van der Waals surface area contributed by atoms with Gasteiger partial charge in [-0.15, -0.1) is 0 Å². The Labute approximate surface area is 93.8 Å². The van der Waals surface area contributed by atoms with Gasteiger partial charge in [-0.1, -0.05) is 33.6 Å². The van der Waals surface area contributed by atoms with Crippen molar-refractivity contribution in [2.75, 3.05) is 13.1 Å². The molecule has 3 heteroatoms. The van der Waals surface area contributed by atoms with Crippen LogP contribution in [0.4, 0.5) is 0 Å². The van der Waals surface area contributed by atoms with Gasteiger partial charge in [0, 0.05) is 6.42 Å². The average Bonchev–Trinajstić information content (AvgIpc) is 2.20. The normalized spacial score (nSPS) is 12.9. The molecule has 0 bridgehead atoms. The minimum Gasteiger partial charge on any atom is -0.447 e. The molecule has 0 saturated heterocycles. The molecule has 0 aromatic rings. The quantitative estimate of drug-likeness (QED) is 0.354. The second-order valence-electron chi connectivity index (χ2n) is 3.77. The van der Waals surface area contributed by atoms with E-state index in [0.29, 0.717) is 6.42 Å². The van der Waals surface area contributed by atoms with Crippen LogP contribution in [-0.4, -0.2) is 30.2 Å². The lowest BCUT2D eigenvalue weighted by atomic mass is 10.2. The van der Waals surface area contributed by atoms with Crippen molar-refractivity contribution in [2.24, 2.45) is 0 Å². The highest BCUT2D eigenvalue weighted by Crippen LogP contribution is 2.05. The highest BCUT2D eigenvalue weighted by atomic mass is 16.6. The van der Waals surface area contributed by atoms with Gasteiger partial charge in [-0.3, -0.25) is 9.69 Å². The van der Waals surface area contributed by atoms with E-state index < -0.39 is 0 Å². The number of esters is 1. The number of nitrogens with zero attached hydrogens (tertiary/aromatic N) is 1. The maximum atomic E-state index is 11.4. The third kappa shape index (κ3) is 6.50. The minimum absolute atomic E-state index is 0.0668. The van der Waals surface area contributed by atoms with Crippen LogP contribution in [0.1, 0.15) is 53.4 Å². The van der Waals surface area contributed by atoms with Gasteiger partial charge in [0.2, 0.25) is 0 Å². The molecular weight excluding hydrogens is 190 g/mol. The number of carbonyl (C=O) groups excluding carboxylic acids is 1. The molecule has 0 spiro atoms. The Morgan fingerprint density at radius 3 is 2.27 bits per heavy atom. The van der Waals surface area contributed by atoms with Crippen molar-refractivity contribution in [1.82, 2.24) is 4.90 Å².